The average Bonchev–Trinajstić information content (AvgIpc) is 2.64. The zero-order chi connectivity index (χ0) is 11.4. The lowest BCUT2D eigenvalue weighted by Gasteiger charge is -2.03. The van der Waals surface area contributed by atoms with Crippen LogP contribution in [0.4, 0.5) is 0 Å². The molecule has 2 rings (SSSR count). The van der Waals surface area contributed by atoms with Gasteiger partial charge in [-0.2, -0.15) is 0 Å². The second-order valence-electron chi connectivity index (χ2n) is 3.46. The molecule has 0 aliphatic carbocycles. The molecule has 2 aromatic heterocycles. The van der Waals surface area contributed by atoms with Gasteiger partial charge in [0, 0.05) is 19.3 Å². The zero-order valence-corrected chi connectivity index (χ0v) is 11.3. The monoisotopic (exact) mass is 297 g/mol. The summed E-state index contributed by atoms with van der Waals surface area (Å²) in [5, 5.41) is 5.50. The van der Waals surface area contributed by atoms with E-state index in [1.54, 1.807) is 17.5 Å². The Bertz CT molecular complexity index is 470. The van der Waals surface area contributed by atoms with E-state index < -0.39 is 0 Å². The molecule has 0 aliphatic rings. The summed E-state index contributed by atoms with van der Waals surface area (Å²) in [5.74, 6) is 0.817. The van der Waals surface area contributed by atoms with Gasteiger partial charge in [-0.15, -0.1) is 11.3 Å². The normalized spacial score (nSPS) is 10.6. The minimum Gasteiger partial charge on any atom is -0.307 e. The van der Waals surface area contributed by atoms with Crippen molar-refractivity contribution >= 4 is 27.3 Å². The van der Waals surface area contributed by atoms with Crippen molar-refractivity contribution in [2.24, 2.45) is 0 Å². The lowest BCUT2D eigenvalue weighted by molar-refractivity contribution is 0.676. The summed E-state index contributed by atoms with van der Waals surface area (Å²) in [4.78, 5) is 8.40. The molecule has 5 heteroatoms. The molecular weight excluding hydrogens is 286 g/mol. The topological polar surface area (TPSA) is 37.8 Å². The standard InChI is InChI=1S/C11H12BrN3S/c1-8-14-3-2-10(15-8)6-13-5-9-4-11(12)16-7-9/h2-4,7,13H,5-6H2,1H3. The number of halogens is 1. The van der Waals surface area contributed by atoms with Crippen molar-refractivity contribution in [3.8, 4) is 0 Å². The van der Waals surface area contributed by atoms with E-state index in [-0.39, 0.29) is 0 Å². The van der Waals surface area contributed by atoms with Crippen LogP contribution in [-0.2, 0) is 13.1 Å². The number of thiophene rings is 1. The maximum atomic E-state index is 4.33. The van der Waals surface area contributed by atoms with E-state index in [4.69, 9.17) is 0 Å². The largest absolute Gasteiger partial charge is 0.307 e. The van der Waals surface area contributed by atoms with Crippen LogP contribution >= 0.6 is 27.3 Å². The molecule has 0 aliphatic heterocycles. The second-order valence-corrected chi connectivity index (χ2v) is 5.75. The maximum Gasteiger partial charge on any atom is 0.125 e. The van der Waals surface area contributed by atoms with Crippen LogP contribution in [0.25, 0.3) is 0 Å². The number of nitrogens with one attached hydrogen (secondary N) is 1. The molecule has 0 saturated carbocycles. The number of aromatic nitrogens is 2. The van der Waals surface area contributed by atoms with Crippen molar-refractivity contribution < 1.29 is 0 Å². The predicted octanol–water partition coefficient (Wildman–Crippen LogP) is 2.90. The molecule has 0 saturated heterocycles. The highest BCUT2D eigenvalue weighted by molar-refractivity contribution is 9.11. The van der Waals surface area contributed by atoms with Gasteiger partial charge in [0.05, 0.1) is 9.48 Å². The first-order chi connectivity index (χ1) is 7.74. The van der Waals surface area contributed by atoms with Crippen LogP contribution in [0.5, 0.6) is 0 Å². The molecule has 0 spiro atoms. The fourth-order valence-electron chi connectivity index (χ4n) is 1.38. The molecule has 16 heavy (non-hydrogen) atoms. The zero-order valence-electron chi connectivity index (χ0n) is 8.90. The Morgan fingerprint density at radius 3 is 3.00 bits per heavy atom. The average molecular weight is 298 g/mol. The van der Waals surface area contributed by atoms with E-state index in [9.17, 15) is 0 Å². The highest BCUT2D eigenvalue weighted by Gasteiger charge is 1.98. The smallest absolute Gasteiger partial charge is 0.125 e. The summed E-state index contributed by atoms with van der Waals surface area (Å²) in [6.07, 6.45) is 1.79. The molecule has 0 aromatic carbocycles. The molecule has 0 atom stereocenters. The highest BCUT2D eigenvalue weighted by atomic mass is 79.9. The van der Waals surface area contributed by atoms with Gasteiger partial charge >= 0.3 is 0 Å². The fraction of sp³-hybridized carbons (Fsp3) is 0.273. The summed E-state index contributed by atoms with van der Waals surface area (Å²) < 4.78 is 1.17. The van der Waals surface area contributed by atoms with Crippen molar-refractivity contribution in [1.82, 2.24) is 15.3 Å². The minimum atomic E-state index is 0.775. The van der Waals surface area contributed by atoms with Crippen molar-refractivity contribution in [1.29, 1.82) is 0 Å². The highest BCUT2D eigenvalue weighted by Crippen LogP contribution is 2.20. The van der Waals surface area contributed by atoms with Crippen molar-refractivity contribution in [2.45, 2.75) is 20.0 Å². The van der Waals surface area contributed by atoms with Gasteiger partial charge in [0.25, 0.3) is 0 Å². The predicted molar refractivity (Wildman–Crippen MR) is 69.3 cm³/mol. The molecule has 0 bridgehead atoms. The molecule has 2 aromatic rings. The van der Waals surface area contributed by atoms with Gasteiger partial charge in [-0.1, -0.05) is 0 Å². The second kappa shape index (κ2) is 5.52. The van der Waals surface area contributed by atoms with Crippen LogP contribution in [0.1, 0.15) is 17.1 Å². The third kappa shape index (κ3) is 3.37. The molecule has 0 fully saturated rings. The summed E-state index contributed by atoms with van der Waals surface area (Å²) in [6, 6.07) is 4.06. The number of aryl methyl sites for hydroxylation is 1. The molecule has 0 unspecified atom stereocenters. The molecule has 0 amide bonds. The van der Waals surface area contributed by atoms with Gasteiger partial charge in [-0.3, -0.25) is 0 Å². The van der Waals surface area contributed by atoms with Gasteiger partial charge in [-0.05, 0) is 45.9 Å². The number of nitrogens with zero attached hydrogens (tertiary/aromatic N) is 2. The summed E-state index contributed by atoms with van der Waals surface area (Å²) >= 11 is 5.15. The first kappa shape index (κ1) is 11.7. The van der Waals surface area contributed by atoms with E-state index in [1.807, 2.05) is 13.0 Å². The quantitative estimate of drug-likeness (QED) is 0.943. The van der Waals surface area contributed by atoms with E-state index in [0.717, 1.165) is 24.6 Å². The van der Waals surface area contributed by atoms with Crippen molar-refractivity contribution in [3.05, 3.63) is 44.6 Å². The Morgan fingerprint density at radius 2 is 2.31 bits per heavy atom. The fourth-order valence-corrected chi connectivity index (χ4v) is 2.59. The van der Waals surface area contributed by atoms with Crippen LogP contribution in [0.15, 0.2) is 27.5 Å². The van der Waals surface area contributed by atoms with Gasteiger partial charge in [0.15, 0.2) is 0 Å². The van der Waals surface area contributed by atoms with Crippen molar-refractivity contribution in [3.63, 3.8) is 0 Å². The molecular formula is C11H12BrN3S. The van der Waals surface area contributed by atoms with E-state index in [0.29, 0.717) is 0 Å². The van der Waals surface area contributed by atoms with Crippen molar-refractivity contribution in [2.75, 3.05) is 0 Å². The van der Waals surface area contributed by atoms with Crippen LogP contribution in [0.2, 0.25) is 0 Å². The Labute approximate surface area is 107 Å². The third-order valence-electron chi connectivity index (χ3n) is 2.09. The first-order valence-corrected chi connectivity index (χ1v) is 6.63. The lowest BCUT2D eigenvalue weighted by Crippen LogP contribution is -2.13. The van der Waals surface area contributed by atoms with Gasteiger partial charge < -0.3 is 5.32 Å². The Morgan fingerprint density at radius 1 is 1.44 bits per heavy atom. The number of hydrogen-bond donors (Lipinski definition) is 1. The Kier molecular flexibility index (Phi) is 4.04. The van der Waals surface area contributed by atoms with Crippen LogP contribution in [-0.4, -0.2) is 9.97 Å². The molecule has 84 valence electrons. The van der Waals surface area contributed by atoms with Crippen LogP contribution < -0.4 is 5.32 Å². The first-order valence-electron chi connectivity index (χ1n) is 4.96. The molecule has 3 nitrogen and oxygen atoms in total. The summed E-state index contributed by atoms with van der Waals surface area (Å²) in [5.41, 5.74) is 2.32. The number of hydrogen-bond acceptors (Lipinski definition) is 4. The van der Waals surface area contributed by atoms with E-state index >= 15 is 0 Å². The summed E-state index contributed by atoms with van der Waals surface area (Å²) in [6.45, 7) is 3.54. The molecule has 0 radical (unpaired) electrons. The third-order valence-corrected chi connectivity index (χ3v) is 3.64. The molecule has 1 N–H and O–H groups in total. The Hall–Kier alpha value is -0.780. The lowest BCUT2D eigenvalue weighted by atomic mass is 10.3. The van der Waals surface area contributed by atoms with Gasteiger partial charge in [0.2, 0.25) is 0 Å². The SMILES string of the molecule is Cc1nccc(CNCc2csc(Br)c2)n1. The van der Waals surface area contributed by atoms with Crippen LogP contribution in [0.3, 0.4) is 0 Å². The van der Waals surface area contributed by atoms with E-state index in [2.05, 4.69) is 42.7 Å². The summed E-state index contributed by atoms with van der Waals surface area (Å²) in [7, 11) is 0. The maximum absolute atomic E-state index is 4.33. The minimum absolute atomic E-state index is 0.775. The Balaban J connectivity index is 1.84. The van der Waals surface area contributed by atoms with Gasteiger partial charge in [-0.25, -0.2) is 9.97 Å². The number of rotatable bonds is 4. The molecule has 2 heterocycles. The van der Waals surface area contributed by atoms with Crippen LogP contribution in [0, 0.1) is 6.92 Å². The van der Waals surface area contributed by atoms with Gasteiger partial charge in [0.1, 0.15) is 5.82 Å². The van der Waals surface area contributed by atoms with E-state index in [1.165, 1.54) is 9.35 Å².